The molecular formula is C22H22N2O2. The molecule has 4 rings (SSSR count). The van der Waals surface area contributed by atoms with Gasteiger partial charge in [-0.1, -0.05) is 36.4 Å². The van der Waals surface area contributed by atoms with Crippen LogP contribution >= 0.6 is 0 Å². The first-order valence-electron chi connectivity index (χ1n) is 8.89. The summed E-state index contributed by atoms with van der Waals surface area (Å²) in [5.41, 5.74) is 4.95. The number of nitrogens with zero attached hydrogens (tertiary/aromatic N) is 2. The molecule has 1 aliphatic heterocycles. The maximum absolute atomic E-state index is 12.7. The molecule has 2 aromatic carbocycles. The third-order valence-electron chi connectivity index (χ3n) is 4.50. The van der Waals surface area contributed by atoms with Crippen LogP contribution < -0.4 is 0 Å². The molecule has 0 aliphatic carbocycles. The molecule has 0 saturated carbocycles. The van der Waals surface area contributed by atoms with Crippen molar-refractivity contribution in [1.29, 1.82) is 0 Å². The van der Waals surface area contributed by atoms with Gasteiger partial charge in [0.2, 0.25) is 0 Å². The van der Waals surface area contributed by atoms with Crippen LogP contribution in [0.25, 0.3) is 22.0 Å². The number of rotatable bonds is 1. The smallest absolute Gasteiger partial charge is 0.419 e. The number of carbonyl (C=O) groups excluding carboxylic acids is 1. The monoisotopic (exact) mass is 346 g/mol. The SMILES string of the molecule is CC(C)(C)OC(=O)n1cc(-c2ccc3c(c2)CCN=C3)c2ccccc21. The van der Waals surface area contributed by atoms with E-state index in [0.29, 0.717) is 0 Å². The van der Waals surface area contributed by atoms with Crippen LogP contribution in [-0.2, 0) is 11.2 Å². The van der Waals surface area contributed by atoms with E-state index in [0.717, 1.165) is 35.0 Å². The van der Waals surface area contributed by atoms with E-state index in [4.69, 9.17) is 4.74 Å². The molecule has 132 valence electrons. The van der Waals surface area contributed by atoms with E-state index in [2.05, 4.69) is 23.2 Å². The third kappa shape index (κ3) is 3.03. The van der Waals surface area contributed by atoms with Crippen molar-refractivity contribution < 1.29 is 9.53 Å². The molecule has 0 radical (unpaired) electrons. The summed E-state index contributed by atoms with van der Waals surface area (Å²) in [6.07, 6.45) is 4.42. The fourth-order valence-electron chi connectivity index (χ4n) is 3.34. The molecule has 1 aromatic heterocycles. The molecule has 4 heteroatoms. The Kier molecular flexibility index (Phi) is 3.91. The number of carbonyl (C=O) groups is 1. The van der Waals surface area contributed by atoms with Crippen LogP contribution in [0.1, 0.15) is 31.9 Å². The Balaban J connectivity index is 1.84. The Bertz CT molecular complexity index is 1020. The molecule has 0 bridgehead atoms. The fourth-order valence-corrected chi connectivity index (χ4v) is 3.34. The molecule has 0 N–H and O–H groups in total. The zero-order valence-electron chi connectivity index (χ0n) is 15.3. The van der Waals surface area contributed by atoms with Gasteiger partial charge in [0.1, 0.15) is 5.60 Å². The summed E-state index contributed by atoms with van der Waals surface area (Å²) >= 11 is 0. The van der Waals surface area contributed by atoms with Crippen molar-refractivity contribution in [3.8, 4) is 11.1 Å². The quantitative estimate of drug-likeness (QED) is 0.618. The van der Waals surface area contributed by atoms with Crippen molar-refractivity contribution in [2.45, 2.75) is 32.8 Å². The first kappa shape index (κ1) is 16.6. The van der Waals surface area contributed by atoms with Gasteiger partial charge >= 0.3 is 6.09 Å². The Morgan fingerprint density at radius 1 is 1.15 bits per heavy atom. The van der Waals surface area contributed by atoms with Gasteiger partial charge in [-0.3, -0.25) is 9.56 Å². The fraction of sp³-hybridized carbons (Fsp3) is 0.273. The minimum atomic E-state index is -0.534. The number of benzene rings is 2. The van der Waals surface area contributed by atoms with Crippen LogP contribution in [0.2, 0.25) is 0 Å². The second kappa shape index (κ2) is 6.13. The van der Waals surface area contributed by atoms with Crippen molar-refractivity contribution in [3.63, 3.8) is 0 Å². The lowest BCUT2D eigenvalue weighted by Crippen LogP contribution is -2.26. The van der Waals surface area contributed by atoms with E-state index in [1.54, 1.807) is 4.57 Å². The summed E-state index contributed by atoms with van der Waals surface area (Å²) in [4.78, 5) is 17.0. The summed E-state index contributed by atoms with van der Waals surface area (Å²) in [5.74, 6) is 0. The highest BCUT2D eigenvalue weighted by molar-refractivity contribution is 6.01. The van der Waals surface area contributed by atoms with Gasteiger partial charge in [0.05, 0.1) is 5.52 Å². The number of hydrogen-bond donors (Lipinski definition) is 0. The lowest BCUT2D eigenvalue weighted by atomic mass is 9.96. The highest BCUT2D eigenvalue weighted by Gasteiger charge is 2.21. The van der Waals surface area contributed by atoms with E-state index in [-0.39, 0.29) is 6.09 Å². The average Bonchev–Trinajstić information content (AvgIpc) is 3.00. The third-order valence-corrected chi connectivity index (χ3v) is 4.50. The number of para-hydroxylation sites is 1. The van der Waals surface area contributed by atoms with Crippen LogP contribution in [0, 0.1) is 0 Å². The van der Waals surface area contributed by atoms with Crippen molar-refractivity contribution >= 4 is 23.2 Å². The largest absolute Gasteiger partial charge is 0.443 e. The normalized spacial score (nSPS) is 13.7. The Labute approximate surface area is 153 Å². The minimum Gasteiger partial charge on any atom is -0.443 e. The molecule has 2 heterocycles. The number of ether oxygens (including phenoxy) is 1. The highest BCUT2D eigenvalue weighted by Crippen LogP contribution is 2.32. The first-order chi connectivity index (χ1) is 12.4. The second-order valence-electron chi connectivity index (χ2n) is 7.61. The second-order valence-corrected chi connectivity index (χ2v) is 7.61. The lowest BCUT2D eigenvalue weighted by molar-refractivity contribution is 0.0544. The Morgan fingerprint density at radius 2 is 1.96 bits per heavy atom. The highest BCUT2D eigenvalue weighted by atomic mass is 16.6. The molecule has 0 atom stereocenters. The van der Waals surface area contributed by atoms with Gasteiger partial charge in [0.15, 0.2) is 0 Å². The van der Waals surface area contributed by atoms with Crippen molar-refractivity contribution in [3.05, 3.63) is 59.8 Å². The lowest BCUT2D eigenvalue weighted by Gasteiger charge is -2.19. The predicted octanol–water partition coefficient (Wildman–Crippen LogP) is 5.07. The molecule has 0 unspecified atom stereocenters. The van der Waals surface area contributed by atoms with Crippen LogP contribution in [0.4, 0.5) is 4.79 Å². The number of fused-ring (bicyclic) bond motifs is 2. The van der Waals surface area contributed by atoms with E-state index in [9.17, 15) is 4.79 Å². The van der Waals surface area contributed by atoms with E-state index >= 15 is 0 Å². The van der Waals surface area contributed by atoms with Gasteiger partial charge in [-0.15, -0.1) is 0 Å². The topological polar surface area (TPSA) is 43.6 Å². The molecule has 1 aliphatic rings. The van der Waals surface area contributed by atoms with Gasteiger partial charge in [0, 0.05) is 29.9 Å². The van der Waals surface area contributed by atoms with Crippen LogP contribution in [0.15, 0.2) is 53.7 Å². The predicted molar refractivity (Wildman–Crippen MR) is 105 cm³/mol. The summed E-state index contributed by atoms with van der Waals surface area (Å²) < 4.78 is 7.19. The summed E-state index contributed by atoms with van der Waals surface area (Å²) in [6, 6.07) is 14.3. The summed E-state index contributed by atoms with van der Waals surface area (Å²) in [5, 5.41) is 1.04. The maximum Gasteiger partial charge on any atom is 0.419 e. The first-order valence-corrected chi connectivity index (χ1v) is 8.89. The summed E-state index contributed by atoms with van der Waals surface area (Å²) in [7, 11) is 0. The standard InChI is InChI=1S/C22H22N2O2/c1-22(2,3)26-21(25)24-14-19(18-6-4-5-7-20(18)24)16-8-9-17-13-23-11-10-15(17)12-16/h4-9,12-14H,10-11H2,1-3H3. The number of aromatic nitrogens is 1. The van der Waals surface area contributed by atoms with Gasteiger partial charge in [0.25, 0.3) is 0 Å². The Morgan fingerprint density at radius 3 is 2.77 bits per heavy atom. The van der Waals surface area contributed by atoms with Gasteiger partial charge in [-0.25, -0.2) is 4.79 Å². The zero-order valence-corrected chi connectivity index (χ0v) is 15.3. The van der Waals surface area contributed by atoms with Crippen molar-refractivity contribution in [2.75, 3.05) is 6.54 Å². The molecule has 26 heavy (non-hydrogen) atoms. The average molecular weight is 346 g/mol. The molecule has 0 amide bonds. The molecule has 0 spiro atoms. The zero-order chi connectivity index (χ0) is 18.3. The molecule has 0 fully saturated rings. The number of aliphatic imine (C=N–C) groups is 1. The van der Waals surface area contributed by atoms with Crippen LogP contribution in [0.5, 0.6) is 0 Å². The van der Waals surface area contributed by atoms with Gasteiger partial charge in [-0.2, -0.15) is 0 Å². The van der Waals surface area contributed by atoms with Crippen molar-refractivity contribution in [2.24, 2.45) is 4.99 Å². The maximum atomic E-state index is 12.7. The molecular weight excluding hydrogens is 324 g/mol. The van der Waals surface area contributed by atoms with Gasteiger partial charge in [-0.05, 0) is 49.9 Å². The molecule has 3 aromatic rings. The van der Waals surface area contributed by atoms with Crippen LogP contribution in [0.3, 0.4) is 0 Å². The molecule has 4 nitrogen and oxygen atoms in total. The molecule has 0 saturated heterocycles. The Hall–Kier alpha value is -2.88. The van der Waals surface area contributed by atoms with E-state index < -0.39 is 5.60 Å². The van der Waals surface area contributed by atoms with Crippen molar-refractivity contribution in [1.82, 2.24) is 4.57 Å². The minimum absolute atomic E-state index is 0.356. The van der Waals surface area contributed by atoms with Crippen LogP contribution in [-0.4, -0.2) is 29.0 Å². The number of hydrogen-bond acceptors (Lipinski definition) is 3. The van der Waals surface area contributed by atoms with E-state index in [1.165, 1.54) is 11.1 Å². The van der Waals surface area contributed by atoms with Gasteiger partial charge < -0.3 is 4.74 Å². The summed E-state index contributed by atoms with van der Waals surface area (Å²) in [6.45, 7) is 6.46. The van der Waals surface area contributed by atoms with E-state index in [1.807, 2.05) is 57.4 Å².